The summed E-state index contributed by atoms with van der Waals surface area (Å²) in [6.07, 6.45) is 3.45. The van der Waals surface area contributed by atoms with Crippen molar-refractivity contribution < 1.29 is 0 Å². The number of nitrogens with zero attached hydrogens (tertiary/aromatic N) is 1. The zero-order valence-electron chi connectivity index (χ0n) is 10.8. The SMILES string of the molecule is CCC1CNC(C)(C)CN1C(C)CSC. The molecule has 0 aromatic rings. The maximum atomic E-state index is 3.64. The number of hydrogen-bond donors (Lipinski definition) is 1. The van der Waals surface area contributed by atoms with Gasteiger partial charge in [-0.05, 0) is 33.4 Å². The van der Waals surface area contributed by atoms with Crippen LogP contribution in [0, 0.1) is 0 Å². The molecule has 90 valence electrons. The predicted molar refractivity (Wildman–Crippen MR) is 70.7 cm³/mol. The van der Waals surface area contributed by atoms with Crippen LogP contribution in [0.2, 0.25) is 0 Å². The van der Waals surface area contributed by atoms with Crippen LogP contribution in [-0.2, 0) is 0 Å². The van der Waals surface area contributed by atoms with Gasteiger partial charge in [0.1, 0.15) is 0 Å². The van der Waals surface area contributed by atoms with Gasteiger partial charge in [-0.15, -0.1) is 0 Å². The molecule has 1 aliphatic heterocycles. The van der Waals surface area contributed by atoms with Gasteiger partial charge in [0.05, 0.1) is 0 Å². The molecule has 0 bridgehead atoms. The van der Waals surface area contributed by atoms with E-state index in [0.717, 1.165) is 12.6 Å². The van der Waals surface area contributed by atoms with Gasteiger partial charge in [0.2, 0.25) is 0 Å². The molecule has 2 nitrogen and oxygen atoms in total. The summed E-state index contributed by atoms with van der Waals surface area (Å²) in [5, 5.41) is 3.64. The lowest BCUT2D eigenvalue weighted by atomic mass is 9.96. The molecule has 0 aromatic carbocycles. The molecule has 15 heavy (non-hydrogen) atoms. The molecule has 0 aromatic heterocycles. The molecule has 0 aliphatic carbocycles. The minimum atomic E-state index is 0.276. The standard InChI is InChI=1S/C12H26N2S/c1-6-11-7-13-12(3,4)9-14(11)10(2)8-15-5/h10-11,13H,6-9H2,1-5H3. The van der Waals surface area contributed by atoms with E-state index in [-0.39, 0.29) is 5.54 Å². The van der Waals surface area contributed by atoms with Crippen molar-refractivity contribution in [2.75, 3.05) is 25.1 Å². The van der Waals surface area contributed by atoms with E-state index in [1.807, 2.05) is 11.8 Å². The van der Waals surface area contributed by atoms with Gasteiger partial charge in [-0.1, -0.05) is 6.92 Å². The Morgan fingerprint density at radius 2 is 2.20 bits per heavy atom. The molecule has 0 amide bonds. The van der Waals surface area contributed by atoms with Crippen molar-refractivity contribution in [2.45, 2.75) is 51.7 Å². The molecule has 1 N–H and O–H groups in total. The summed E-state index contributed by atoms with van der Waals surface area (Å²) in [4.78, 5) is 2.69. The van der Waals surface area contributed by atoms with Crippen molar-refractivity contribution in [1.82, 2.24) is 10.2 Å². The highest BCUT2D eigenvalue weighted by Gasteiger charge is 2.33. The van der Waals surface area contributed by atoms with Gasteiger partial charge in [-0.3, -0.25) is 4.90 Å². The summed E-state index contributed by atoms with van der Waals surface area (Å²) in [7, 11) is 0. The maximum Gasteiger partial charge on any atom is 0.0253 e. The van der Waals surface area contributed by atoms with Crippen LogP contribution in [-0.4, -0.2) is 47.6 Å². The third kappa shape index (κ3) is 3.65. The summed E-state index contributed by atoms with van der Waals surface area (Å²) in [6.45, 7) is 11.6. The highest BCUT2D eigenvalue weighted by molar-refractivity contribution is 7.98. The van der Waals surface area contributed by atoms with Crippen molar-refractivity contribution >= 4 is 11.8 Å². The third-order valence-electron chi connectivity index (χ3n) is 3.31. The Hall–Kier alpha value is 0.270. The highest BCUT2D eigenvalue weighted by Crippen LogP contribution is 2.21. The minimum absolute atomic E-state index is 0.276. The maximum absolute atomic E-state index is 3.64. The molecule has 1 saturated heterocycles. The lowest BCUT2D eigenvalue weighted by Gasteiger charge is -2.47. The first-order valence-electron chi connectivity index (χ1n) is 6.00. The van der Waals surface area contributed by atoms with E-state index in [2.05, 4.69) is 44.2 Å². The normalized spacial score (nSPS) is 29.0. The average molecular weight is 230 g/mol. The van der Waals surface area contributed by atoms with Crippen molar-refractivity contribution in [3.63, 3.8) is 0 Å². The van der Waals surface area contributed by atoms with E-state index in [0.29, 0.717) is 6.04 Å². The van der Waals surface area contributed by atoms with Crippen LogP contribution in [0.25, 0.3) is 0 Å². The molecule has 0 saturated carbocycles. The van der Waals surface area contributed by atoms with E-state index in [9.17, 15) is 0 Å². The lowest BCUT2D eigenvalue weighted by Crippen LogP contribution is -2.63. The fourth-order valence-corrected chi connectivity index (χ4v) is 3.06. The van der Waals surface area contributed by atoms with Crippen molar-refractivity contribution in [3.8, 4) is 0 Å². The lowest BCUT2D eigenvalue weighted by molar-refractivity contribution is 0.0667. The Morgan fingerprint density at radius 1 is 1.53 bits per heavy atom. The summed E-state index contributed by atoms with van der Waals surface area (Å²) >= 11 is 1.95. The smallest absolute Gasteiger partial charge is 0.0253 e. The first kappa shape index (κ1) is 13.3. The second-order valence-electron chi connectivity index (χ2n) is 5.30. The zero-order chi connectivity index (χ0) is 11.5. The predicted octanol–water partition coefficient (Wildman–Crippen LogP) is 2.20. The monoisotopic (exact) mass is 230 g/mol. The van der Waals surface area contributed by atoms with Gasteiger partial charge in [-0.2, -0.15) is 11.8 Å². The van der Waals surface area contributed by atoms with E-state index in [4.69, 9.17) is 0 Å². The van der Waals surface area contributed by atoms with Gasteiger partial charge >= 0.3 is 0 Å². The molecule has 2 atom stereocenters. The molecule has 0 radical (unpaired) electrons. The number of piperazine rings is 1. The van der Waals surface area contributed by atoms with Crippen LogP contribution in [0.15, 0.2) is 0 Å². The Balaban J connectivity index is 2.62. The Morgan fingerprint density at radius 3 is 2.73 bits per heavy atom. The van der Waals surface area contributed by atoms with Crippen molar-refractivity contribution in [2.24, 2.45) is 0 Å². The zero-order valence-corrected chi connectivity index (χ0v) is 11.7. The van der Waals surface area contributed by atoms with Gasteiger partial charge in [0, 0.05) is 36.5 Å². The fraction of sp³-hybridized carbons (Fsp3) is 1.00. The second-order valence-corrected chi connectivity index (χ2v) is 6.21. The molecule has 1 rings (SSSR count). The van der Waals surface area contributed by atoms with E-state index in [1.165, 1.54) is 18.7 Å². The Bertz CT molecular complexity index is 194. The molecule has 1 fully saturated rings. The highest BCUT2D eigenvalue weighted by atomic mass is 32.2. The Labute approximate surface area is 99.2 Å². The summed E-state index contributed by atoms with van der Waals surface area (Å²) in [6, 6.07) is 1.42. The topological polar surface area (TPSA) is 15.3 Å². The molecule has 3 heteroatoms. The average Bonchev–Trinajstić information content (AvgIpc) is 2.17. The van der Waals surface area contributed by atoms with Crippen LogP contribution in [0.5, 0.6) is 0 Å². The van der Waals surface area contributed by atoms with Crippen LogP contribution in [0.3, 0.4) is 0 Å². The van der Waals surface area contributed by atoms with Crippen LogP contribution in [0.1, 0.15) is 34.1 Å². The van der Waals surface area contributed by atoms with Crippen molar-refractivity contribution in [3.05, 3.63) is 0 Å². The second kappa shape index (κ2) is 5.55. The minimum Gasteiger partial charge on any atom is -0.309 e. The van der Waals surface area contributed by atoms with Gasteiger partial charge < -0.3 is 5.32 Å². The molecular formula is C12H26N2S. The first-order valence-corrected chi connectivity index (χ1v) is 7.39. The van der Waals surface area contributed by atoms with E-state index >= 15 is 0 Å². The van der Waals surface area contributed by atoms with E-state index < -0.39 is 0 Å². The van der Waals surface area contributed by atoms with Crippen LogP contribution >= 0.6 is 11.8 Å². The number of thioether (sulfide) groups is 1. The molecule has 1 aliphatic rings. The van der Waals surface area contributed by atoms with Crippen molar-refractivity contribution in [1.29, 1.82) is 0 Å². The van der Waals surface area contributed by atoms with Gasteiger partial charge in [0.15, 0.2) is 0 Å². The molecular weight excluding hydrogens is 204 g/mol. The first-order chi connectivity index (χ1) is 7.00. The van der Waals surface area contributed by atoms with Crippen LogP contribution < -0.4 is 5.32 Å². The largest absolute Gasteiger partial charge is 0.309 e. The Kier molecular flexibility index (Phi) is 4.94. The number of hydrogen-bond acceptors (Lipinski definition) is 3. The quantitative estimate of drug-likeness (QED) is 0.797. The summed E-state index contributed by atoms with van der Waals surface area (Å²) in [5.41, 5.74) is 0.276. The number of rotatable bonds is 4. The number of nitrogens with one attached hydrogen (secondary N) is 1. The third-order valence-corrected chi connectivity index (χ3v) is 4.12. The summed E-state index contributed by atoms with van der Waals surface area (Å²) in [5.74, 6) is 1.24. The molecule has 2 unspecified atom stereocenters. The van der Waals surface area contributed by atoms with Gasteiger partial charge in [0.25, 0.3) is 0 Å². The summed E-state index contributed by atoms with van der Waals surface area (Å²) < 4.78 is 0. The van der Waals surface area contributed by atoms with Crippen LogP contribution in [0.4, 0.5) is 0 Å². The molecule has 1 heterocycles. The van der Waals surface area contributed by atoms with Gasteiger partial charge in [-0.25, -0.2) is 0 Å². The fourth-order valence-electron chi connectivity index (χ4n) is 2.38. The molecule has 0 spiro atoms. The van der Waals surface area contributed by atoms with E-state index in [1.54, 1.807) is 0 Å².